The molecule has 0 saturated carbocycles. The lowest BCUT2D eigenvalue weighted by Crippen LogP contribution is -2.36. The van der Waals surface area contributed by atoms with Crippen molar-refractivity contribution >= 4 is 35.1 Å². The number of carbonyl (C=O) groups is 2. The second kappa shape index (κ2) is 8.34. The first kappa shape index (κ1) is 18.7. The molecule has 0 N–H and O–H groups in total. The molecule has 1 amide bonds. The van der Waals surface area contributed by atoms with Crippen LogP contribution in [0.15, 0.2) is 12.1 Å². The van der Waals surface area contributed by atoms with Gasteiger partial charge in [-0.15, -0.1) is 0 Å². The van der Waals surface area contributed by atoms with Crippen LogP contribution in [0.2, 0.25) is 10.0 Å². The van der Waals surface area contributed by atoms with Gasteiger partial charge in [0.05, 0.1) is 29.1 Å². The third kappa shape index (κ3) is 5.14. The number of hydrogen-bond acceptors (Lipinski definition) is 3. The van der Waals surface area contributed by atoms with Gasteiger partial charge in [0.1, 0.15) is 5.82 Å². The summed E-state index contributed by atoms with van der Waals surface area (Å²) in [6, 6.07) is 2.21. The average Bonchev–Trinajstić information content (AvgIpc) is 2.45. The van der Waals surface area contributed by atoms with E-state index in [0.29, 0.717) is 6.54 Å². The Balaban J connectivity index is 3.00. The van der Waals surface area contributed by atoms with Gasteiger partial charge in [-0.25, -0.2) is 4.39 Å². The summed E-state index contributed by atoms with van der Waals surface area (Å²) in [5, 5.41) is -0.0743. The van der Waals surface area contributed by atoms with Gasteiger partial charge in [0.2, 0.25) is 0 Å². The molecule has 0 unspecified atom stereocenters. The maximum Gasteiger partial charge on any atom is 0.307 e. The van der Waals surface area contributed by atoms with Crippen molar-refractivity contribution in [3.63, 3.8) is 0 Å². The summed E-state index contributed by atoms with van der Waals surface area (Å²) in [4.78, 5) is 25.3. The molecule has 0 aromatic heterocycles. The minimum Gasteiger partial charge on any atom is -0.469 e. The smallest absolute Gasteiger partial charge is 0.307 e. The van der Waals surface area contributed by atoms with Crippen LogP contribution < -0.4 is 0 Å². The highest BCUT2D eigenvalue weighted by molar-refractivity contribution is 6.36. The van der Waals surface area contributed by atoms with Crippen LogP contribution in [0.5, 0.6) is 0 Å². The molecule has 0 spiro atoms. The van der Waals surface area contributed by atoms with Crippen molar-refractivity contribution in [1.29, 1.82) is 0 Å². The van der Waals surface area contributed by atoms with Gasteiger partial charge < -0.3 is 9.64 Å². The summed E-state index contributed by atoms with van der Waals surface area (Å²) < 4.78 is 18.1. The molecule has 7 heteroatoms. The summed E-state index contributed by atoms with van der Waals surface area (Å²) in [5.41, 5.74) is 0.0223. The van der Waals surface area contributed by atoms with Gasteiger partial charge in [0.25, 0.3) is 5.91 Å². The van der Waals surface area contributed by atoms with Gasteiger partial charge in [-0.05, 0) is 18.1 Å². The minimum absolute atomic E-state index is 0.0223. The van der Waals surface area contributed by atoms with E-state index in [1.54, 1.807) is 0 Å². The number of benzene rings is 1. The lowest BCUT2D eigenvalue weighted by molar-refractivity contribution is -0.140. The molecule has 0 atom stereocenters. The van der Waals surface area contributed by atoms with Crippen molar-refractivity contribution in [3.05, 3.63) is 33.6 Å². The summed E-state index contributed by atoms with van der Waals surface area (Å²) in [7, 11) is 1.28. The van der Waals surface area contributed by atoms with Crippen molar-refractivity contribution in [2.45, 2.75) is 20.3 Å². The van der Waals surface area contributed by atoms with E-state index in [-0.39, 0.29) is 34.5 Å². The fourth-order valence-electron chi connectivity index (χ4n) is 1.90. The van der Waals surface area contributed by atoms with Crippen LogP contribution in [0.4, 0.5) is 4.39 Å². The highest BCUT2D eigenvalue weighted by Crippen LogP contribution is 2.25. The zero-order chi connectivity index (χ0) is 16.9. The van der Waals surface area contributed by atoms with E-state index in [9.17, 15) is 14.0 Å². The molecule has 1 aromatic carbocycles. The van der Waals surface area contributed by atoms with E-state index in [1.165, 1.54) is 18.1 Å². The Morgan fingerprint density at radius 2 is 1.91 bits per heavy atom. The number of amides is 1. The van der Waals surface area contributed by atoms with Crippen LogP contribution in [0.3, 0.4) is 0 Å². The maximum absolute atomic E-state index is 13.6. The zero-order valence-electron chi connectivity index (χ0n) is 12.7. The Kier molecular flexibility index (Phi) is 7.10. The van der Waals surface area contributed by atoms with Gasteiger partial charge in [0, 0.05) is 13.1 Å². The molecule has 0 aliphatic heterocycles. The molecule has 0 saturated heterocycles. The lowest BCUT2D eigenvalue weighted by Gasteiger charge is -2.24. The monoisotopic (exact) mass is 349 g/mol. The SMILES string of the molecule is COC(=O)CCN(CC(C)C)C(=O)c1cc(F)c(Cl)cc1Cl. The number of rotatable bonds is 6. The first-order valence-corrected chi connectivity index (χ1v) is 7.52. The van der Waals surface area contributed by atoms with Crippen molar-refractivity contribution in [2.75, 3.05) is 20.2 Å². The molecule has 4 nitrogen and oxygen atoms in total. The van der Waals surface area contributed by atoms with Crippen LogP contribution >= 0.6 is 23.2 Å². The number of esters is 1. The Bertz CT molecular complexity index is 564. The highest BCUT2D eigenvalue weighted by Gasteiger charge is 2.22. The fourth-order valence-corrected chi connectivity index (χ4v) is 2.37. The number of halogens is 3. The standard InChI is InChI=1S/C15H18Cl2FNO3/c1-9(2)8-19(5-4-14(20)22-3)15(21)10-6-13(18)12(17)7-11(10)16/h6-7,9H,4-5,8H2,1-3H3. The second-order valence-corrected chi connectivity index (χ2v) is 6.03. The number of methoxy groups -OCH3 is 1. The van der Waals surface area contributed by atoms with E-state index < -0.39 is 17.7 Å². The topological polar surface area (TPSA) is 46.6 Å². The normalized spacial score (nSPS) is 10.7. The van der Waals surface area contributed by atoms with Gasteiger partial charge in [-0.3, -0.25) is 9.59 Å². The predicted octanol–water partition coefficient (Wildman–Crippen LogP) is 3.79. The van der Waals surface area contributed by atoms with Crippen molar-refractivity contribution in [2.24, 2.45) is 5.92 Å². The van der Waals surface area contributed by atoms with Gasteiger partial charge in [-0.2, -0.15) is 0 Å². The Morgan fingerprint density at radius 3 is 2.45 bits per heavy atom. The maximum atomic E-state index is 13.6. The zero-order valence-corrected chi connectivity index (χ0v) is 14.2. The highest BCUT2D eigenvalue weighted by atomic mass is 35.5. The van der Waals surface area contributed by atoms with E-state index >= 15 is 0 Å². The molecule has 122 valence electrons. The summed E-state index contributed by atoms with van der Waals surface area (Å²) >= 11 is 11.6. The van der Waals surface area contributed by atoms with Crippen LogP contribution in [0.1, 0.15) is 30.6 Å². The quantitative estimate of drug-likeness (QED) is 0.579. The van der Waals surface area contributed by atoms with Crippen molar-refractivity contribution in [3.8, 4) is 0 Å². The van der Waals surface area contributed by atoms with E-state index in [2.05, 4.69) is 4.74 Å². The van der Waals surface area contributed by atoms with Crippen LogP contribution in [0.25, 0.3) is 0 Å². The fraction of sp³-hybridized carbons (Fsp3) is 0.467. The molecule has 1 aromatic rings. The first-order valence-electron chi connectivity index (χ1n) is 6.76. The Hall–Kier alpha value is -1.33. The van der Waals surface area contributed by atoms with Crippen LogP contribution in [0, 0.1) is 11.7 Å². The molecular weight excluding hydrogens is 332 g/mol. The van der Waals surface area contributed by atoms with Crippen molar-refractivity contribution in [1.82, 2.24) is 4.90 Å². The van der Waals surface area contributed by atoms with E-state index in [0.717, 1.165) is 6.07 Å². The molecule has 0 bridgehead atoms. The first-order chi connectivity index (χ1) is 10.3. The number of ether oxygens (including phenoxy) is 1. The Morgan fingerprint density at radius 1 is 1.27 bits per heavy atom. The lowest BCUT2D eigenvalue weighted by atomic mass is 10.1. The third-order valence-electron chi connectivity index (χ3n) is 2.93. The third-order valence-corrected chi connectivity index (χ3v) is 3.53. The summed E-state index contributed by atoms with van der Waals surface area (Å²) in [6.45, 7) is 4.45. The minimum atomic E-state index is -0.716. The molecule has 22 heavy (non-hydrogen) atoms. The molecule has 0 heterocycles. The summed E-state index contributed by atoms with van der Waals surface area (Å²) in [6.07, 6.45) is 0.0582. The number of carbonyl (C=O) groups excluding carboxylic acids is 2. The molecule has 0 aliphatic carbocycles. The average molecular weight is 350 g/mol. The molecule has 0 fully saturated rings. The summed E-state index contributed by atoms with van der Waals surface area (Å²) in [5.74, 6) is -1.41. The Labute approximate surface area is 139 Å². The van der Waals surface area contributed by atoms with E-state index in [4.69, 9.17) is 23.2 Å². The van der Waals surface area contributed by atoms with Gasteiger partial charge in [-0.1, -0.05) is 37.0 Å². The van der Waals surface area contributed by atoms with Gasteiger partial charge >= 0.3 is 5.97 Å². The molecule has 0 aliphatic rings. The van der Waals surface area contributed by atoms with Crippen LogP contribution in [-0.4, -0.2) is 37.0 Å². The number of nitrogens with zero attached hydrogens (tertiary/aromatic N) is 1. The second-order valence-electron chi connectivity index (χ2n) is 5.22. The predicted molar refractivity (Wildman–Crippen MR) is 83.8 cm³/mol. The molecular formula is C15H18Cl2FNO3. The number of hydrogen-bond donors (Lipinski definition) is 0. The largest absolute Gasteiger partial charge is 0.469 e. The molecule has 1 rings (SSSR count). The van der Waals surface area contributed by atoms with E-state index in [1.807, 2.05) is 13.8 Å². The molecule has 0 radical (unpaired) electrons. The van der Waals surface area contributed by atoms with Crippen LogP contribution in [-0.2, 0) is 9.53 Å². The van der Waals surface area contributed by atoms with Gasteiger partial charge in [0.15, 0.2) is 0 Å². The van der Waals surface area contributed by atoms with Crippen molar-refractivity contribution < 1.29 is 18.7 Å².